The summed E-state index contributed by atoms with van der Waals surface area (Å²) >= 11 is 0. The summed E-state index contributed by atoms with van der Waals surface area (Å²) in [4.78, 5) is 21.7. The lowest BCUT2D eigenvalue weighted by atomic mass is 10.1. The fourth-order valence-corrected chi connectivity index (χ4v) is 1.86. The van der Waals surface area contributed by atoms with E-state index in [4.69, 9.17) is 5.11 Å². The summed E-state index contributed by atoms with van der Waals surface area (Å²) in [6.45, 7) is 4.86. The first-order valence-corrected chi connectivity index (χ1v) is 7.06. The van der Waals surface area contributed by atoms with Gasteiger partial charge in [0.1, 0.15) is 5.75 Å². The number of hydrogen-bond acceptors (Lipinski definition) is 4. The Morgan fingerprint density at radius 3 is 2.18 bits per heavy atom. The lowest BCUT2D eigenvalue weighted by molar-refractivity contribution is -0.138. The quantitative estimate of drug-likeness (QED) is 0.676. The number of amides is 1. The van der Waals surface area contributed by atoms with Gasteiger partial charge >= 0.3 is 5.97 Å². The summed E-state index contributed by atoms with van der Waals surface area (Å²) < 4.78 is 22.8. The van der Waals surface area contributed by atoms with Gasteiger partial charge in [-0.1, -0.05) is 6.92 Å². The summed E-state index contributed by atoms with van der Waals surface area (Å²) in [6, 6.07) is 0. The van der Waals surface area contributed by atoms with Crippen LogP contribution in [-0.2, 0) is 19.4 Å². The maximum Gasteiger partial charge on any atom is 0.303 e. The first-order chi connectivity index (χ1) is 7.65. The van der Waals surface area contributed by atoms with Crippen molar-refractivity contribution in [2.75, 3.05) is 12.3 Å². The Morgan fingerprint density at radius 1 is 1.24 bits per heavy atom. The molecule has 0 aliphatic heterocycles. The number of carboxylic acids is 1. The number of carboxylic acid groups (broad SMARTS) is 1. The zero-order chi connectivity index (χ0) is 13.6. The SMILES string of the molecule is CC(CNC(=O)CS(=O)(=O)C(C)C)CC(=O)O. The predicted molar refractivity (Wildman–Crippen MR) is 63.3 cm³/mol. The second kappa shape index (κ2) is 6.58. The van der Waals surface area contributed by atoms with E-state index in [1.807, 2.05) is 0 Å². The van der Waals surface area contributed by atoms with Crippen LogP contribution in [0.4, 0.5) is 0 Å². The molecule has 1 unspecified atom stereocenters. The molecule has 6 nitrogen and oxygen atoms in total. The lowest BCUT2D eigenvalue weighted by Crippen LogP contribution is -2.35. The second-order valence-corrected chi connectivity index (χ2v) is 6.92. The fraction of sp³-hybridized carbons (Fsp3) is 0.800. The first kappa shape index (κ1) is 15.9. The molecule has 0 aliphatic carbocycles. The summed E-state index contributed by atoms with van der Waals surface area (Å²) in [7, 11) is -3.40. The van der Waals surface area contributed by atoms with Crippen LogP contribution in [0.25, 0.3) is 0 Å². The Morgan fingerprint density at radius 2 is 1.76 bits per heavy atom. The molecule has 0 spiro atoms. The molecule has 0 radical (unpaired) electrons. The zero-order valence-corrected chi connectivity index (χ0v) is 11.1. The molecule has 2 N–H and O–H groups in total. The molecule has 0 aromatic rings. The molecule has 100 valence electrons. The molecule has 0 fully saturated rings. The summed E-state index contributed by atoms with van der Waals surface area (Å²) in [5.41, 5.74) is 0. The average Bonchev–Trinajstić information content (AvgIpc) is 2.12. The Labute approximate surface area is 101 Å². The summed E-state index contributed by atoms with van der Waals surface area (Å²) in [5.74, 6) is -2.31. The van der Waals surface area contributed by atoms with Gasteiger partial charge in [0.15, 0.2) is 9.84 Å². The van der Waals surface area contributed by atoms with Gasteiger partial charge in [0.05, 0.1) is 5.25 Å². The number of carbonyl (C=O) groups excluding carboxylic acids is 1. The Kier molecular flexibility index (Phi) is 6.15. The zero-order valence-electron chi connectivity index (χ0n) is 10.3. The minimum atomic E-state index is -3.40. The fourth-order valence-electron chi connectivity index (χ4n) is 1.06. The smallest absolute Gasteiger partial charge is 0.303 e. The van der Waals surface area contributed by atoms with E-state index in [0.29, 0.717) is 0 Å². The van der Waals surface area contributed by atoms with Gasteiger partial charge in [-0.25, -0.2) is 8.42 Å². The van der Waals surface area contributed by atoms with E-state index in [0.717, 1.165) is 0 Å². The van der Waals surface area contributed by atoms with Crippen molar-refractivity contribution in [2.24, 2.45) is 5.92 Å². The summed E-state index contributed by atoms with van der Waals surface area (Å²) in [5, 5.41) is 10.3. The third-order valence-electron chi connectivity index (χ3n) is 2.22. The number of sulfone groups is 1. The topological polar surface area (TPSA) is 101 Å². The van der Waals surface area contributed by atoms with Crippen molar-refractivity contribution < 1.29 is 23.1 Å². The molecule has 0 saturated heterocycles. The number of hydrogen-bond donors (Lipinski definition) is 2. The van der Waals surface area contributed by atoms with Crippen molar-refractivity contribution in [1.82, 2.24) is 5.32 Å². The third kappa shape index (κ3) is 6.93. The molecule has 0 rings (SSSR count). The summed E-state index contributed by atoms with van der Waals surface area (Å²) in [6.07, 6.45) is -0.0583. The minimum absolute atomic E-state index is 0.0583. The van der Waals surface area contributed by atoms with Crippen molar-refractivity contribution >= 4 is 21.7 Å². The molecule has 0 aromatic heterocycles. The highest BCUT2D eigenvalue weighted by Crippen LogP contribution is 2.02. The molecule has 1 amide bonds. The standard InChI is InChI=1S/C10H19NO5S/c1-7(2)17(15,16)6-9(12)11-5-8(3)4-10(13)14/h7-8H,4-6H2,1-3H3,(H,11,12)(H,13,14). The van der Waals surface area contributed by atoms with E-state index in [-0.39, 0.29) is 18.9 Å². The van der Waals surface area contributed by atoms with Crippen LogP contribution in [-0.4, -0.2) is 42.9 Å². The van der Waals surface area contributed by atoms with Gasteiger partial charge in [0.2, 0.25) is 5.91 Å². The van der Waals surface area contributed by atoms with Crippen molar-refractivity contribution in [2.45, 2.75) is 32.4 Å². The maximum atomic E-state index is 11.4. The van der Waals surface area contributed by atoms with E-state index >= 15 is 0 Å². The number of rotatable bonds is 7. The van der Waals surface area contributed by atoms with Crippen molar-refractivity contribution in [1.29, 1.82) is 0 Å². The van der Waals surface area contributed by atoms with Crippen molar-refractivity contribution in [3.8, 4) is 0 Å². The molecule has 7 heteroatoms. The molecular formula is C10H19NO5S. The number of carbonyl (C=O) groups is 2. The largest absolute Gasteiger partial charge is 0.481 e. The number of aliphatic carboxylic acids is 1. The van der Waals surface area contributed by atoms with E-state index in [1.54, 1.807) is 6.92 Å². The van der Waals surface area contributed by atoms with E-state index in [9.17, 15) is 18.0 Å². The highest BCUT2D eigenvalue weighted by Gasteiger charge is 2.20. The van der Waals surface area contributed by atoms with Gasteiger partial charge in [0.25, 0.3) is 0 Å². The van der Waals surface area contributed by atoms with Crippen LogP contribution < -0.4 is 5.32 Å². The van der Waals surface area contributed by atoms with Gasteiger partial charge in [0, 0.05) is 13.0 Å². The molecule has 0 aromatic carbocycles. The van der Waals surface area contributed by atoms with Crippen LogP contribution in [0, 0.1) is 5.92 Å². The Balaban J connectivity index is 4.09. The van der Waals surface area contributed by atoms with Crippen LogP contribution in [0.2, 0.25) is 0 Å². The van der Waals surface area contributed by atoms with E-state index < -0.39 is 32.7 Å². The van der Waals surface area contributed by atoms with E-state index in [2.05, 4.69) is 5.32 Å². The second-order valence-electron chi connectivity index (χ2n) is 4.36. The molecule has 0 bridgehead atoms. The van der Waals surface area contributed by atoms with E-state index in [1.165, 1.54) is 13.8 Å². The molecule has 0 saturated carbocycles. The maximum absolute atomic E-state index is 11.4. The normalized spacial score (nSPS) is 13.4. The molecule has 1 atom stereocenters. The number of nitrogens with one attached hydrogen (secondary N) is 1. The van der Waals surface area contributed by atoms with Gasteiger partial charge in [-0.2, -0.15) is 0 Å². The van der Waals surface area contributed by atoms with Crippen LogP contribution in [0.5, 0.6) is 0 Å². The Bertz CT molecular complexity index is 374. The molecule has 17 heavy (non-hydrogen) atoms. The molecule has 0 heterocycles. The van der Waals surface area contributed by atoms with Gasteiger partial charge in [-0.05, 0) is 19.8 Å². The average molecular weight is 265 g/mol. The van der Waals surface area contributed by atoms with Gasteiger partial charge in [-0.15, -0.1) is 0 Å². The highest BCUT2D eigenvalue weighted by atomic mass is 32.2. The molecular weight excluding hydrogens is 246 g/mol. The minimum Gasteiger partial charge on any atom is -0.481 e. The van der Waals surface area contributed by atoms with Crippen LogP contribution in [0.15, 0.2) is 0 Å². The Hall–Kier alpha value is -1.11. The highest BCUT2D eigenvalue weighted by molar-refractivity contribution is 7.92. The van der Waals surface area contributed by atoms with Crippen LogP contribution in [0.1, 0.15) is 27.2 Å². The van der Waals surface area contributed by atoms with Gasteiger partial charge < -0.3 is 10.4 Å². The van der Waals surface area contributed by atoms with Crippen LogP contribution in [0.3, 0.4) is 0 Å². The lowest BCUT2D eigenvalue weighted by Gasteiger charge is -2.11. The first-order valence-electron chi connectivity index (χ1n) is 5.35. The molecule has 0 aliphatic rings. The third-order valence-corrected chi connectivity index (χ3v) is 4.32. The van der Waals surface area contributed by atoms with Gasteiger partial charge in [-0.3, -0.25) is 9.59 Å². The van der Waals surface area contributed by atoms with Crippen molar-refractivity contribution in [3.63, 3.8) is 0 Å². The predicted octanol–water partition coefficient (Wildman–Crippen LogP) is 0.0366. The van der Waals surface area contributed by atoms with Crippen LogP contribution >= 0.6 is 0 Å². The van der Waals surface area contributed by atoms with Crippen molar-refractivity contribution in [3.05, 3.63) is 0 Å². The monoisotopic (exact) mass is 265 g/mol.